The number of nitrogens with zero attached hydrogens (tertiary/aromatic N) is 4. The molecule has 4 rings (SSSR count). The minimum atomic E-state index is -3.49. The van der Waals surface area contributed by atoms with E-state index in [1.807, 2.05) is 17.0 Å². The third-order valence-electron chi connectivity index (χ3n) is 5.65. The van der Waals surface area contributed by atoms with Gasteiger partial charge in [0.15, 0.2) is 0 Å². The maximum Gasteiger partial charge on any atom is 0.263 e. The minimum absolute atomic E-state index is 0.178. The molecule has 0 bridgehead atoms. The van der Waals surface area contributed by atoms with Crippen LogP contribution in [0.25, 0.3) is 0 Å². The number of aliphatic imine (C=N–C) groups is 1. The lowest BCUT2D eigenvalue weighted by atomic mass is 10.1. The average molecular weight is 476 g/mol. The minimum Gasteiger partial charge on any atom is -0.353 e. The third-order valence-corrected chi connectivity index (χ3v) is 7.27. The number of fused-ring (bicyclic) bond motifs is 1. The second-order valence-corrected chi connectivity index (χ2v) is 9.93. The zero-order valence-corrected chi connectivity index (χ0v) is 19.3. The number of unbranched alkanes of at least 4 members (excludes halogenated alkanes) is 2. The van der Waals surface area contributed by atoms with Crippen LogP contribution in [-0.4, -0.2) is 62.8 Å². The molecular formula is C22H26ClN5O3S. The van der Waals surface area contributed by atoms with Crippen molar-refractivity contribution < 1.29 is 13.2 Å². The van der Waals surface area contributed by atoms with E-state index in [4.69, 9.17) is 11.6 Å². The quantitative estimate of drug-likeness (QED) is 0.621. The Hall–Kier alpha value is -2.65. The molecule has 2 aliphatic heterocycles. The maximum absolute atomic E-state index is 12.5. The zero-order valence-electron chi connectivity index (χ0n) is 17.7. The summed E-state index contributed by atoms with van der Waals surface area (Å²) in [4.78, 5) is 25.6. The number of hydrogen-bond donors (Lipinski definition) is 1. The van der Waals surface area contributed by atoms with Crippen LogP contribution in [0.4, 0.5) is 5.82 Å². The normalized spacial score (nSPS) is 18.5. The van der Waals surface area contributed by atoms with Crippen LogP contribution in [0.5, 0.6) is 0 Å². The molecule has 0 atom stereocenters. The number of amidine groups is 1. The van der Waals surface area contributed by atoms with Crippen LogP contribution in [0.15, 0.2) is 52.5 Å². The number of pyridine rings is 1. The van der Waals surface area contributed by atoms with Gasteiger partial charge in [-0.25, -0.2) is 13.4 Å². The summed E-state index contributed by atoms with van der Waals surface area (Å²) in [5.41, 5.74) is 0.621. The van der Waals surface area contributed by atoms with Gasteiger partial charge in [-0.3, -0.25) is 14.5 Å². The van der Waals surface area contributed by atoms with Crippen LogP contribution < -0.4 is 9.62 Å². The number of sulfonamides is 1. The first-order valence-electron chi connectivity index (χ1n) is 10.7. The van der Waals surface area contributed by atoms with Crippen LogP contribution in [-0.2, 0) is 14.8 Å². The van der Waals surface area contributed by atoms with E-state index in [0.29, 0.717) is 42.5 Å². The van der Waals surface area contributed by atoms with Gasteiger partial charge in [-0.05, 0) is 37.1 Å². The first-order valence-corrected chi connectivity index (χ1v) is 12.6. The predicted octanol–water partition coefficient (Wildman–Crippen LogP) is 2.68. The van der Waals surface area contributed by atoms with Gasteiger partial charge >= 0.3 is 0 Å². The summed E-state index contributed by atoms with van der Waals surface area (Å²) < 4.78 is 26.7. The third kappa shape index (κ3) is 5.21. The van der Waals surface area contributed by atoms with E-state index < -0.39 is 10.0 Å². The lowest BCUT2D eigenvalue weighted by molar-refractivity contribution is -0.131. The SMILES string of the molecule is O=C(CCCCCN=C1NS(=O)(=O)c2ccccc21)N1CCN(c2ccc(Cl)cn2)CC1. The Morgan fingerprint density at radius 2 is 1.84 bits per heavy atom. The smallest absolute Gasteiger partial charge is 0.263 e. The van der Waals surface area contributed by atoms with Gasteiger partial charge < -0.3 is 9.80 Å². The van der Waals surface area contributed by atoms with Crippen molar-refractivity contribution in [2.24, 2.45) is 4.99 Å². The van der Waals surface area contributed by atoms with Crippen molar-refractivity contribution in [2.45, 2.75) is 30.6 Å². The summed E-state index contributed by atoms with van der Waals surface area (Å²) >= 11 is 5.89. The largest absolute Gasteiger partial charge is 0.353 e. The molecule has 1 fully saturated rings. The van der Waals surface area contributed by atoms with E-state index in [1.165, 1.54) is 0 Å². The number of benzene rings is 1. The first kappa shape index (κ1) is 22.5. The fourth-order valence-corrected chi connectivity index (χ4v) is 5.27. The lowest BCUT2D eigenvalue weighted by Gasteiger charge is -2.35. The molecule has 10 heteroatoms. The highest BCUT2D eigenvalue weighted by atomic mass is 35.5. The molecule has 0 spiro atoms. The van der Waals surface area contributed by atoms with Gasteiger partial charge in [-0.1, -0.05) is 30.2 Å². The Morgan fingerprint density at radius 1 is 1.06 bits per heavy atom. The number of aromatic nitrogens is 1. The van der Waals surface area contributed by atoms with E-state index in [9.17, 15) is 13.2 Å². The molecule has 1 aromatic carbocycles. The first-order chi connectivity index (χ1) is 15.4. The van der Waals surface area contributed by atoms with Gasteiger partial charge in [0.05, 0.1) is 9.92 Å². The number of carbonyl (C=O) groups is 1. The highest BCUT2D eigenvalue weighted by Gasteiger charge is 2.29. The monoisotopic (exact) mass is 475 g/mol. The molecule has 1 aromatic heterocycles. The van der Waals surface area contributed by atoms with E-state index >= 15 is 0 Å². The molecule has 32 heavy (non-hydrogen) atoms. The van der Waals surface area contributed by atoms with Crippen molar-refractivity contribution >= 4 is 39.2 Å². The standard InChI is InChI=1S/C22H26ClN5O3S/c23-17-9-10-20(25-16-17)27-12-14-28(15-13-27)21(29)8-2-1-5-11-24-22-18-6-3-4-7-19(18)32(30,31)26-22/h3-4,6-7,9-10,16H,1-2,5,8,11-15H2,(H,24,26). The number of hydrogen-bond acceptors (Lipinski definition) is 6. The fraction of sp³-hybridized carbons (Fsp3) is 0.409. The zero-order chi connectivity index (χ0) is 22.6. The molecule has 2 aromatic rings. The van der Waals surface area contributed by atoms with Gasteiger partial charge in [0, 0.05) is 50.9 Å². The van der Waals surface area contributed by atoms with E-state index in [2.05, 4.69) is 19.6 Å². The summed E-state index contributed by atoms with van der Waals surface area (Å²) in [5.74, 6) is 1.47. The number of anilines is 1. The molecule has 0 unspecified atom stereocenters. The number of rotatable bonds is 7. The molecular weight excluding hydrogens is 450 g/mol. The summed E-state index contributed by atoms with van der Waals surface area (Å²) in [6, 6.07) is 10.6. The molecule has 2 aliphatic rings. The number of nitrogens with one attached hydrogen (secondary N) is 1. The molecule has 170 valence electrons. The van der Waals surface area contributed by atoms with Crippen LogP contribution in [0.1, 0.15) is 31.2 Å². The fourth-order valence-electron chi connectivity index (χ4n) is 3.91. The predicted molar refractivity (Wildman–Crippen MR) is 125 cm³/mol. The molecule has 1 N–H and O–H groups in total. The van der Waals surface area contributed by atoms with Crippen molar-refractivity contribution in [3.8, 4) is 0 Å². The van der Waals surface area contributed by atoms with Crippen LogP contribution in [0.2, 0.25) is 5.02 Å². The summed E-state index contributed by atoms with van der Waals surface area (Å²) in [6.45, 7) is 3.42. The van der Waals surface area contributed by atoms with Gasteiger partial charge in [0.25, 0.3) is 10.0 Å². The van der Waals surface area contributed by atoms with Crippen molar-refractivity contribution in [1.29, 1.82) is 0 Å². The Bertz CT molecular complexity index is 1100. The Kier molecular flexibility index (Phi) is 6.95. The van der Waals surface area contributed by atoms with Crippen LogP contribution in [0, 0.1) is 0 Å². The van der Waals surface area contributed by atoms with Crippen LogP contribution >= 0.6 is 11.6 Å². The van der Waals surface area contributed by atoms with Gasteiger partial charge in [0.2, 0.25) is 5.91 Å². The molecule has 0 aliphatic carbocycles. The number of halogens is 1. The number of amides is 1. The molecule has 0 saturated carbocycles. The topological polar surface area (TPSA) is 95.0 Å². The van der Waals surface area contributed by atoms with E-state index in [1.54, 1.807) is 30.5 Å². The van der Waals surface area contributed by atoms with Crippen molar-refractivity contribution in [2.75, 3.05) is 37.6 Å². The number of carbonyl (C=O) groups excluding carboxylic acids is 1. The highest BCUT2D eigenvalue weighted by molar-refractivity contribution is 7.90. The van der Waals surface area contributed by atoms with Crippen molar-refractivity contribution in [3.63, 3.8) is 0 Å². The average Bonchev–Trinajstić information content (AvgIpc) is 3.07. The Balaban J connectivity index is 1.16. The molecule has 8 nitrogen and oxygen atoms in total. The van der Waals surface area contributed by atoms with Crippen molar-refractivity contribution in [1.82, 2.24) is 14.6 Å². The highest BCUT2D eigenvalue weighted by Crippen LogP contribution is 2.22. The van der Waals surface area contributed by atoms with Gasteiger partial charge in [0.1, 0.15) is 11.7 Å². The maximum atomic E-state index is 12.5. The molecule has 0 radical (unpaired) electrons. The summed E-state index contributed by atoms with van der Waals surface area (Å²) in [7, 11) is -3.49. The second kappa shape index (κ2) is 9.87. The Labute approximate surface area is 193 Å². The van der Waals surface area contributed by atoms with Gasteiger partial charge in [-0.2, -0.15) is 0 Å². The van der Waals surface area contributed by atoms with E-state index in [0.717, 1.165) is 38.2 Å². The van der Waals surface area contributed by atoms with Crippen molar-refractivity contribution in [3.05, 3.63) is 53.2 Å². The summed E-state index contributed by atoms with van der Waals surface area (Å²) in [6.07, 6.45) is 4.62. The van der Waals surface area contributed by atoms with Gasteiger partial charge in [-0.15, -0.1) is 0 Å². The summed E-state index contributed by atoms with van der Waals surface area (Å²) in [5, 5.41) is 0.614. The second-order valence-electron chi connectivity index (χ2n) is 7.85. The molecule has 1 saturated heterocycles. The van der Waals surface area contributed by atoms with Crippen LogP contribution in [0.3, 0.4) is 0 Å². The number of piperazine rings is 1. The molecule has 3 heterocycles. The molecule has 1 amide bonds. The van der Waals surface area contributed by atoms with E-state index in [-0.39, 0.29) is 10.8 Å². The Morgan fingerprint density at radius 3 is 2.59 bits per heavy atom. The lowest BCUT2D eigenvalue weighted by Crippen LogP contribution is -2.49.